The fraction of sp³-hybridized carbons (Fsp3) is 0.321. The van der Waals surface area contributed by atoms with Crippen molar-refractivity contribution in [3.05, 3.63) is 72.1 Å². The average molecular weight is 475 g/mol. The molecule has 34 heavy (non-hydrogen) atoms. The maximum atomic E-state index is 6.23. The summed E-state index contributed by atoms with van der Waals surface area (Å²) in [6.45, 7) is 6.67. The van der Waals surface area contributed by atoms with Gasteiger partial charge in [-0.25, -0.2) is 0 Å². The molecule has 176 valence electrons. The average Bonchev–Trinajstić information content (AvgIpc) is 3.24. The SMILES string of the molecule is COc1cccc2c(-c3cncc(-c4cccc(Cl)c4)c3)cn(CCCN3CCN(C)CC3)c12. The minimum absolute atomic E-state index is 0.726. The zero-order chi connectivity index (χ0) is 23.5. The first-order chi connectivity index (χ1) is 16.6. The number of aryl methyl sites for hydroxylation is 1. The van der Waals surface area contributed by atoms with Gasteiger partial charge < -0.3 is 19.1 Å². The quantitative estimate of drug-likeness (QED) is 0.345. The number of methoxy groups -OCH3 is 1. The van der Waals surface area contributed by atoms with Gasteiger partial charge in [0, 0.05) is 78.4 Å². The summed E-state index contributed by atoms with van der Waals surface area (Å²) >= 11 is 6.23. The zero-order valence-electron chi connectivity index (χ0n) is 19.9. The molecule has 3 heterocycles. The number of fused-ring (bicyclic) bond motifs is 1. The fourth-order valence-corrected chi connectivity index (χ4v) is 5.04. The summed E-state index contributed by atoms with van der Waals surface area (Å²) in [6, 6.07) is 16.4. The molecule has 0 N–H and O–H groups in total. The number of para-hydroxylation sites is 1. The normalized spacial score (nSPS) is 15.1. The van der Waals surface area contributed by atoms with Gasteiger partial charge in [0.25, 0.3) is 0 Å². The molecule has 0 amide bonds. The highest BCUT2D eigenvalue weighted by Gasteiger charge is 2.17. The Kier molecular flexibility index (Phi) is 6.86. The van der Waals surface area contributed by atoms with Crippen molar-refractivity contribution >= 4 is 22.5 Å². The highest BCUT2D eigenvalue weighted by molar-refractivity contribution is 6.30. The molecule has 2 aromatic carbocycles. The number of rotatable bonds is 7. The van der Waals surface area contributed by atoms with E-state index in [0.29, 0.717) is 0 Å². The molecule has 4 aromatic rings. The Hall–Kier alpha value is -2.86. The molecule has 1 aliphatic rings. The third kappa shape index (κ3) is 4.83. The molecule has 5 rings (SSSR count). The van der Waals surface area contributed by atoms with Crippen LogP contribution in [0.1, 0.15) is 6.42 Å². The van der Waals surface area contributed by atoms with Crippen LogP contribution in [0, 0.1) is 0 Å². The summed E-state index contributed by atoms with van der Waals surface area (Å²) in [5, 5.41) is 1.91. The molecule has 5 nitrogen and oxygen atoms in total. The number of ether oxygens (including phenoxy) is 1. The van der Waals surface area contributed by atoms with Gasteiger partial charge in [0.05, 0.1) is 12.6 Å². The molecule has 1 aliphatic heterocycles. The van der Waals surface area contributed by atoms with Crippen molar-refractivity contribution in [1.82, 2.24) is 19.4 Å². The van der Waals surface area contributed by atoms with E-state index in [9.17, 15) is 0 Å². The first-order valence-corrected chi connectivity index (χ1v) is 12.3. The summed E-state index contributed by atoms with van der Waals surface area (Å²) in [4.78, 5) is 9.53. The summed E-state index contributed by atoms with van der Waals surface area (Å²) in [6.07, 6.45) is 7.20. The minimum Gasteiger partial charge on any atom is -0.495 e. The summed E-state index contributed by atoms with van der Waals surface area (Å²) in [7, 11) is 3.95. The van der Waals surface area contributed by atoms with Crippen molar-refractivity contribution in [3.63, 3.8) is 0 Å². The molecule has 1 saturated heterocycles. The lowest BCUT2D eigenvalue weighted by molar-refractivity contribution is 0.151. The third-order valence-corrected chi connectivity index (χ3v) is 6.99. The van der Waals surface area contributed by atoms with Crippen LogP contribution in [0.4, 0.5) is 0 Å². The molecule has 2 aromatic heterocycles. The molecule has 0 aliphatic carbocycles. The van der Waals surface area contributed by atoms with Crippen molar-refractivity contribution in [2.24, 2.45) is 0 Å². The van der Waals surface area contributed by atoms with E-state index in [1.165, 1.54) is 10.9 Å². The second kappa shape index (κ2) is 10.2. The van der Waals surface area contributed by atoms with Crippen LogP contribution in [0.2, 0.25) is 5.02 Å². The van der Waals surface area contributed by atoms with Crippen molar-refractivity contribution in [3.8, 4) is 28.0 Å². The monoisotopic (exact) mass is 474 g/mol. The highest BCUT2D eigenvalue weighted by atomic mass is 35.5. The van der Waals surface area contributed by atoms with Gasteiger partial charge in [-0.1, -0.05) is 35.9 Å². The maximum absolute atomic E-state index is 6.23. The van der Waals surface area contributed by atoms with Gasteiger partial charge >= 0.3 is 0 Å². The number of likely N-dealkylation sites (N-methyl/N-ethyl adjacent to an activating group) is 1. The Morgan fingerprint density at radius 1 is 0.912 bits per heavy atom. The van der Waals surface area contributed by atoms with Gasteiger partial charge in [-0.2, -0.15) is 0 Å². The van der Waals surface area contributed by atoms with Crippen LogP contribution < -0.4 is 4.74 Å². The number of nitrogens with zero attached hydrogens (tertiary/aromatic N) is 4. The van der Waals surface area contributed by atoms with Crippen molar-refractivity contribution in [1.29, 1.82) is 0 Å². The van der Waals surface area contributed by atoms with Crippen molar-refractivity contribution in [2.45, 2.75) is 13.0 Å². The number of hydrogen-bond acceptors (Lipinski definition) is 4. The van der Waals surface area contributed by atoms with Crippen molar-refractivity contribution < 1.29 is 4.74 Å². The van der Waals surface area contributed by atoms with Crippen LogP contribution in [-0.2, 0) is 6.54 Å². The van der Waals surface area contributed by atoms with E-state index in [-0.39, 0.29) is 0 Å². The van der Waals surface area contributed by atoms with Crippen LogP contribution in [0.15, 0.2) is 67.1 Å². The van der Waals surface area contributed by atoms with Gasteiger partial charge in [-0.05, 0) is 49.8 Å². The number of hydrogen-bond donors (Lipinski definition) is 0. The predicted octanol–water partition coefficient (Wildman–Crippen LogP) is 5.67. The minimum atomic E-state index is 0.726. The smallest absolute Gasteiger partial charge is 0.143 e. The van der Waals surface area contributed by atoms with Crippen molar-refractivity contribution in [2.75, 3.05) is 46.9 Å². The fourth-order valence-electron chi connectivity index (χ4n) is 4.85. The lowest BCUT2D eigenvalue weighted by Gasteiger charge is -2.32. The Labute approximate surface area is 206 Å². The third-order valence-electron chi connectivity index (χ3n) is 6.76. The molecule has 0 atom stereocenters. The first-order valence-electron chi connectivity index (χ1n) is 11.9. The van der Waals surface area contributed by atoms with E-state index in [4.69, 9.17) is 16.3 Å². The molecular formula is C28H31ClN4O. The van der Waals surface area contributed by atoms with Gasteiger partial charge in [0.1, 0.15) is 5.75 Å². The second-order valence-corrected chi connectivity index (χ2v) is 9.50. The van der Waals surface area contributed by atoms with Gasteiger partial charge in [0.15, 0.2) is 0 Å². The molecule has 0 radical (unpaired) electrons. The maximum Gasteiger partial charge on any atom is 0.143 e. The highest BCUT2D eigenvalue weighted by Crippen LogP contribution is 2.37. The van der Waals surface area contributed by atoms with E-state index in [1.54, 1.807) is 7.11 Å². The number of benzene rings is 2. The Bertz CT molecular complexity index is 1280. The lowest BCUT2D eigenvalue weighted by Crippen LogP contribution is -2.44. The predicted molar refractivity (Wildman–Crippen MR) is 141 cm³/mol. The Morgan fingerprint density at radius 3 is 2.50 bits per heavy atom. The Morgan fingerprint density at radius 2 is 1.71 bits per heavy atom. The molecule has 0 spiro atoms. The molecule has 6 heteroatoms. The summed E-state index contributed by atoms with van der Waals surface area (Å²) < 4.78 is 8.12. The topological polar surface area (TPSA) is 33.5 Å². The van der Waals surface area contributed by atoms with E-state index in [0.717, 1.165) is 78.7 Å². The van der Waals surface area contributed by atoms with E-state index in [1.807, 2.05) is 36.7 Å². The van der Waals surface area contributed by atoms with Crippen LogP contribution in [-0.4, -0.2) is 66.2 Å². The van der Waals surface area contributed by atoms with Crippen LogP contribution in [0.3, 0.4) is 0 Å². The van der Waals surface area contributed by atoms with Gasteiger partial charge in [-0.3, -0.25) is 4.98 Å². The molecule has 0 bridgehead atoms. The van der Waals surface area contributed by atoms with Gasteiger partial charge in [0.2, 0.25) is 0 Å². The number of pyridine rings is 1. The van der Waals surface area contributed by atoms with E-state index >= 15 is 0 Å². The van der Waals surface area contributed by atoms with Crippen LogP contribution >= 0.6 is 11.6 Å². The summed E-state index contributed by atoms with van der Waals surface area (Å²) in [5.74, 6) is 0.905. The Balaban J connectivity index is 1.46. The molecule has 1 fully saturated rings. The standard InChI is InChI=1S/C28H31ClN4O/c1-31-12-14-32(15-13-31)10-5-11-33-20-26(25-8-4-9-27(34-2)28(25)33)23-16-22(18-30-19-23)21-6-3-7-24(29)17-21/h3-4,6-9,16-20H,5,10-15H2,1-2H3. The van der Waals surface area contributed by atoms with Crippen LogP contribution in [0.25, 0.3) is 33.2 Å². The zero-order valence-corrected chi connectivity index (χ0v) is 20.6. The number of piperazine rings is 1. The summed E-state index contributed by atoms with van der Waals surface area (Å²) in [5.41, 5.74) is 5.53. The number of aromatic nitrogens is 2. The number of halogens is 1. The second-order valence-electron chi connectivity index (χ2n) is 9.06. The van der Waals surface area contributed by atoms with Gasteiger partial charge in [-0.15, -0.1) is 0 Å². The molecule has 0 unspecified atom stereocenters. The van der Waals surface area contributed by atoms with Crippen LogP contribution in [0.5, 0.6) is 5.75 Å². The molecular weight excluding hydrogens is 444 g/mol. The van der Waals surface area contributed by atoms with E-state index < -0.39 is 0 Å². The first kappa shape index (κ1) is 22.9. The largest absolute Gasteiger partial charge is 0.495 e. The molecule has 0 saturated carbocycles. The lowest BCUT2D eigenvalue weighted by atomic mass is 10.0. The van der Waals surface area contributed by atoms with E-state index in [2.05, 4.69) is 56.9 Å².